The molecule has 2 N–H and O–H groups in total. The molecule has 2 fully saturated rings. The molecule has 0 aromatic heterocycles. The lowest BCUT2D eigenvalue weighted by molar-refractivity contribution is 0.100. The second-order valence-electron chi connectivity index (χ2n) is 5.93. The first-order valence-corrected chi connectivity index (χ1v) is 6.79. The van der Waals surface area contributed by atoms with E-state index in [1.54, 1.807) is 0 Å². The first-order chi connectivity index (χ1) is 7.65. The predicted molar refractivity (Wildman–Crippen MR) is 68.5 cm³/mol. The smallest absolute Gasteiger partial charge is 0.0235 e. The molecule has 2 unspecified atom stereocenters. The van der Waals surface area contributed by atoms with Crippen molar-refractivity contribution in [2.24, 2.45) is 11.7 Å². The minimum atomic E-state index is 0.421. The summed E-state index contributed by atoms with van der Waals surface area (Å²) in [6, 6.07) is 1.10. The van der Waals surface area contributed by atoms with Crippen molar-refractivity contribution in [1.29, 1.82) is 0 Å². The van der Waals surface area contributed by atoms with Crippen molar-refractivity contribution in [3.8, 4) is 0 Å². The summed E-state index contributed by atoms with van der Waals surface area (Å²) in [5, 5.41) is 0. The topological polar surface area (TPSA) is 32.5 Å². The van der Waals surface area contributed by atoms with Crippen molar-refractivity contribution >= 4 is 0 Å². The van der Waals surface area contributed by atoms with Crippen molar-refractivity contribution in [3.05, 3.63) is 0 Å². The zero-order chi connectivity index (χ0) is 11.5. The van der Waals surface area contributed by atoms with Crippen LogP contribution >= 0.6 is 0 Å². The molecule has 16 heavy (non-hydrogen) atoms. The molecule has 94 valence electrons. The van der Waals surface area contributed by atoms with Gasteiger partial charge >= 0.3 is 0 Å². The first-order valence-electron chi connectivity index (χ1n) is 6.79. The van der Waals surface area contributed by atoms with E-state index in [4.69, 9.17) is 5.73 Å². The fraction of sp³-hybridized carbons (Fsp3) is 1.00. The van der Waals surface area contributed by atoms with Crippen LogP contribution in [0.2, 0.25) is 0 Å². The number of nitrogens with two attached hydrogens (primary N) is 1. The van der Waals surface area contributed by atoms with Gasteiger partial charge in [0.05, 0.1) is 0 Å². The van der Waals surface area contributed by atoms with E-state index in [0.717, 1.165) is 5.92 Å². The molecule has 1 saturated carbocycles. The molecule has 3 nitrogen and oxygen atoms in total. The largest absolute Gasteiger partial charge is 0.328 e. The molecule has 1 aliphatic carbocycles. The maximum absolute atomic E-state index is 6.28. The van der Waals surface area contributed by atoms with Gasteiger partial charge in [-0.05, 0) is 32.9 Å². The summed E-state index contributed by atoms with van der Waals surface area (Å²) in [4.78, 5) is 4.92. The highest BCUT2D eigenvalue weighted by Gasteiger charge is 2.26. The second-order valence-corrected chi connectivity index (χ2v) is 5.93. The highest BCUT2D eigenvalue weighted by atomic mass is 15.3. The minimum absolute atomic E-state index is 0.421. The summed E-state index contributed by atoms with van der Waals surface area (Å²) >= 11 is 0. The molecular formula is C13H27N3. The van der Waals surface area contributed by atoms with E-state index in [2.05, 4.69) is 23.9 Å². The van der Waals surface area contributed by atoms with Gasteiger partial charge in [-0.3, -0.25) is 0 Å². The van der Waals surface area contributed by atoms with E-state index in [0.29, 0.717) is 12.1 Å². The Morgan fingerprint density at radius 2 is 1.94 bits per heavy atom. The third kappa shape index (κ3) is 3.19. The number of piperazine rings is 1. The minimum Gasteiger partial charge on any atom is -0.328 e. The van der Waals surface area contributed by atoms with E-state index < -0.39 is 0 Å². The second kappa shape index (κ2) is 5.48. The third-order valence-electron chi connectivity index (χ3n) is 4.42. The maximum Gasteiger partial charge on any atom is 0.0235 e. The average molecular weight is 225 g/mol. The average Bonchev–Trinajstić information content (AvgIpc) is 2.18. The molecule has 0 bridgehead atoms. The quantitative estimate of drug-likeness (QED) is 0.779. The van der Waals surface area contributed by atoms with Crippen LogP contribution in [0.1, 0.15) is 32.1 Å². The molecule has 1 heterocycles. The van der Waals surface area contributed by atoms with Gasteiger partial charge in [0.1, 0.15) is 0 Å². The highest BCUT2D eigenvalue weighted by molar-refractivity contribution is 4.84. The molecule has 0 aromatic carbocycles. The van der Waals surface area contributed by atoms with Gasteiger partial charge in [0.15, 0.2) is 0 Å². The molecule has 1 saturated heterocycles. The first kappa shape index (κ1) is 12.3. The Bertz CT molecular complexity index is 215. The molecule has 0 radical (unpaired) electrons. The fourth-order valence-corrected chi connectivity index (χ4v) is 2.96. The summed E-state index contributed by atoms with van der Waals surface area (Å²) in [5.74, 6) is 0.946. The van der Waals surface area contributed by atoms with Gasteiger partial charge in [-0.1, -0.05) is 19.3 Å². The van der Waals surface area contributed by atoms with Gasteiger partial charge in [-0.15, -0.1) is 0 Å². The van der Waals surface area contributed by atoms with Crippen molar-refractivity contribution in [2.45, 2.75) is 44.2 Å². The Morgan fingerprint density at radius 3 is 2.56 bits per heavy atom. The number of hydrogen-bond acceptors (Lipinski definition) is 3. The number of rotatable bonds is 4. The summed E-state index contributed by atoms with van der Waals surface area (Å²) in [7, 11) is 4.46. The van der Waals surface area contributed by atoms with E-state index in [1.807, 2.05) is 0 Å². The Labute approximate surface area is 100.0 Å². The molecule has 2 atom stereocenters. The van der Waals surface area contributed by atoms with Crippen LogP contribution < -0.4 is 5.73 Å². The van der Waals surface area contributed by atoms with Crippen LogP contribution in [0.15, 0.2) is 0 Å². The van der Waals surface area contributed by atoms with Gasteiger partial charge in [0, 0.05) is 31.7 Å². The van der Waals surface area contributed by atoms with Crippen LogP contribution in [0.3, 0.4) is 0 Å². The van der Waals surface area contributed by atoms with Gasteiger partial charge in [0.25, 0.3) is 0 Å². The van der Waals surface area contributed by atoms with Crippen molar-refractivity contribution in [3.63, 3.8) is 0 Å². The van der Waals surface area contributed by atoms with Gasteiger partial charge in [0.2, 0.25) is 0 Å². The summed E-state index contributed by atoms with van der Waals surface area (Å²) in [5.41, 5.74) is 6.28. The monoisotopic (exact) mass is 225 g/mol. The highest BCUT2D eigenvalue weighted by Crippen LogP contribution is 2.31. The van der Waals surface area contributed by atoms with Crippen molar-refractivity contribution in [2.75, 3.05) is 33.7 Å². The van der Waals surface area contributed by atoms with Crippen LogP contribution in [0.5, 0.6) is 0 Å². The molecule has 3 heteroatoms. The van der Waals surface area contributed by atoms with Crippen LogP contribution in [0.4, 0.5) is 0 Å². The van der Waals surface area contributed by atoms with E-state index in [-0.39, 0.29) is 0 Å². The van der Waals surface area contributed by atoms with Gasteiger partial charge in [-0.2, -0.15) is 0 Å². The zero-order valence-electron chi connectivity index (χ0n) is 10.9. The normalized spacial score (nSPS) is 31.3. The van der Waals surface area contributed by atoms with E-state index >= 15 is 0 Å². The molecule has 2 aliphatic rings. The van der Waals surface area contributed by atoms with Crippen LogP contribution in [-0.4, -0.2) is 55.6 Å². The lowest BCUT2D eigenvalue weighted by atomic mass is 9.80. The van der Waals surface area contributed by atoms with Crippen LogP contribution in [-0.2, 0) is 0 Å². The fourth-order valence-electron chi connectivity index (χ4n) is 2.96. The summed E-state index contributed by atoms with van der Waals surface area (Å²) < 4.78 is 0. The Hall–Kier alpha value is -0.120. The lowest BCUT2D eigenvalue weighted by Gasteiger charge is -2.39. The molecule has 0 aromatic rings. The standard InChI is InChI=1S/C13H27N3/c1-15-6-7-16(2)13(10-15)9-12(14)8-11-4-3-5-11/h11-13H,3-10,14H2,1-2H3. The molecule has 0 spiro atoms. The SMILES string of the molecule is CN1CCN(C)C(CC(N)CC2CCC2)C1. The molecule has 1 aliphatic heterocycles. The number of hydrogen-bond donors (Lipinski definition) is 1. The molecule has 0 amide bonds. The van der Waals surface area contributed by atoms with Crippen LogP contribution in [0.25, 0.3) is 0 Å². The van der Waals surface area contributed by atoms with Crippen molar-refractivity contribution in [1.82, 2.24) is 9.80 Å². The van der Waals surface area contributed by atoms with Gasteiger partial charge < -0.3 is 15.5 Å². The van der Waals surface area contributed by atoms with Crippen molar-refractivity contribution < 1.29 is 0 Å². The Balaban J connectivity index is 1.73. The van der Waals surface area contributed by atoms with Gasteiger partial charge in [-0.25, -0.2) is 0 Å². The zero-order valence-corrected chi connectivity index (χ0v) is 10.9. The lowest BCUT2D eigenvalue weighted by Crippen LogP contribution is -2.51. The Morgan fingerprint density at radius 1 is 1.19 bits per heavy atom. The summed E-state index contributed by atoms with van der Waals surface area (Å²) in [6.45, 7) is 3.58. The van der Waals surface area contributed by atoms with Crippen LogP contribution in [0, 0.1) is 5.92 Å². The number of likely N-dealkylation sites (N-methyl/N-ethyl adjacent to an activating group) is 2. The molecule has 2 rings (SSSR count). The summed E-state index contributed by atoms with van der Waals surface area (Å²) in [6.07, 6.45) is 6.72. The third-order valence-corrected chi connectivity index (χ3v) is 4.42. The van der Waals surface area contributed by atoms with E-state index in [1.165, 1.54) is 51.7 Å². The predicted octanol–water partition coefficient (Wildman–Crippen LogP) is 1.14. The number of nitrogens with zero attached hydrogens (tertiary/aromatic N) is 2. The van der Waals surface area contributed by atoms with E-state index in [9.17, 15) is 0 Å². The Kier molecular flexibility index (Phi) is 4.22. The molecular weight excluding hydrogens is 198 g/mol. The maximum atomic E-state index is 6.28.